The van der Waals surface area contributed by atoms with Crippen LogP contribution in [-0.4, -0.2) is 30.1 Å². The molecular formula is C19H27NO4. The fraction of sp³-hybridized carbons (Fsp3) is 0.579. The molecule has 0 aromatic heterocycles. The van der Waals surface area contributed by atoms with Gasteiger partial charge in [-0.25, -0.2) is 0 Å². The minimum absolute atomic E-state index is 0.0435. The highest BCUT2D eigenvalue weighted by molar-refractivity contribution is 5.79. The number of nitrogens with one attached hydrogen (secondary N) is 1. The van der Waals surface area contributed by atoms with Crippen LogP contribution in [0.1, 0.15) is 38.2 Å². The summed E-state index contributed by atoms with van der Waals surface area (Å²) >= 11 is 0. The summed E-state index contributed by atoms with van der Waals surface area (Å²) in [7, 11) is 0. The first-order chi connectivity index (χ1) is 11.6. The SMILES string of the molecule is CC(CNC(=O)C1CCC(C(=O)O)CC1)COCc1ccccc1. The lowest BCUT2D eigenvalue weighted by Crippen LogP contribution is -2.37. The van der Waals surface area contributed by atoms with Crippen LogP contribution in [0.2, 0.25) is 0 Å². The van der Waals surface area contributed by atoms with Gasteiger partial charge in [0.1, 0.15) is 0 Å². The third kappa shape index (κ3) is 5.96. The summed E-state index contributed by atoms with van der Waals surface area (Å²) in [6, 6.07) is 10.0. The molecule has 1 aromatic rings. The zero-order chi connectivity index (χ0) is 17.4. The van der Waals surface area contributed by atoms with Crippen molar-refractivity contribution in [2.24, 2.45) is 17.8 Å². The number of rotatable bonds is 8. The Morgan fingerprint density at radius 1 is 1.17 bits per heavy atom. The molecule has 1 unspecified atom stereocenters. The molecule has 1 atom stereocenters. The van der Waals surface area contributed by atoms with Crippen molar-refractivity contribution in [1.82, 2.24) is 5.32 Å². The summed E-state index contributed by atoms with van der Waals surface area (Å²) in [5, 5.41) is 12.0. The minimum Gasteiger partial charge on any atom is -0.481 e. The van der Waals surface area contributed by atoms with Crippen LogP contribution in [0.3, 0.4) is 0 Å². The fourth-order valence-electron chi connectivity index (χ4n) is 3.03. The molecule has 0 saturated heterocycles. The number of benzene rings is 1. The lowest BCUT2D eigenvalue weighted by Gasteiger charge is -2.25. The van der Waals surface area contributed by atoms with Crippen LogP contribution >= 0.6 is 0 Å². The molecule has 1 fully saturated rings. The maximum absolute atomic E-state index is 12.2. The second-order valence-corrected chi connectivity index (χ2v) is 6.74. The van der Waals surface area contributed by atoms with E-state index in [0.29, 0.717) is 45.4 Å². The molecule has 0 aliphatic heterocycles. The van der Waals surface area contributed by atoms with E-state index < -0.39 is 5.97 Å². The lowest BCUT2D eigenvalue weighted by atomic mass is 9.81. The van der Waals surface area contributed by atoms with E-state index in [0.717, 1.165) is 5.56 Å². The molecule has 0 heterocycles. The summed E-state index contributed by atoms with van der Waals surface area (Å²) in [4.78, 5) is 23.1. The predicted octanol–water partition coefficient (Wildman–Crippen LogP) is 2.85. The van der Waals surface area contributed by atoms with Crippen molar-refractivity contribution in [1.29, 1.82) is 0 Å². The lowest BCUT2D eigenvalue weighted by molar-refractivity contribution is -0.144. The average molecular weight is 333 g/mol. The first-order valence-corrected chi connectivity index (χ1v) is 8.68. The molecule has 0 bridgehead atoms. The van der Waals surface area contributed by atoms with E-state index in [9.17, 15) is 9.59 Å². The molecule has 1 saturated carbocycles. The Morgan fingerprint density at radius 3 is 2.42 bits per heavy atom. The molecular weight excluding hydrogens is 306 g/mol. The van der Waals surface area contributed by atoms with Gasteiger partial charge in [-0.15, -0.1) is 0 Å². The molecule has 0 radical (unpaired) electrons. The Labute approximate surface area is 143 Å². The molecule has 1 aromatic carbocycles. The van der Waals surface area contributed by atoms with Crippen molar-refractivity contribution >= 4 is 11.9 Å². The van der Waals surface area contributed by atoms with Crippen LogP contribution in [0.15, 0.2) is 30.3 Å². The van der Waals surface area contributed by atoms with Gasteiger partial charge < -0.3 is 15.2 Å². The van der Waals surface area contributed by atoms with Gasteiger partial charge in [0.25, 0.3) is 0 Å². The molecule has 24 heavy (non-hydrogen) atoms. The minimum atomic E-state index is -0.738. The molecule has 0 spiro atoms. The first kappa shape index (κ1) is 18.5. The van der Waals surface area contributed by atoms with E-state index in [2.05, 4.69) is 5.32 Å². The number of carbonyl (C=O) groups excluding carboxylic acids is 1. The van der Waals surface area contributed by atoms with Crippen LogP contribution in [0.5, 0.6) is 0 Å². The largest absolute Gasteiger partial charge is 0.481 e. The van der Waals surface area contributed by atoms with Crippen LogP contribution in [0, 0.1) is 17.8 Å². The average Bonchev–Trinajstić information content (AvgIpc) is 2.60. The molecule has 1 aliphatic rings. The van der Waals surface area contributed by atoms with Gasteiger partial charge in [-0.05, 0) is 37.2 Å². The second kappa shape index (κ2) is 9.42. The zero-order valence-electron chi connectivity index (χ0n) is 14.2. The van der Waals surface area contributed by atoms with Gasteiger partial charge in [0, 0.05) is 12.5 Å². The van der Waals surface area contributed by atoms with Crippen LogP contribution in [-0.2, 0) is 20.9 Å². The van der Waals surface area contributed by atoms with Gasteiger partial charge in [-0.3, -0.25) is 9.59 Å². The third-order valence-electron chi connectivity index (χ3n) is 4.59. The van der Waals surface area contributed by atoms with Gasteiger partial charge in [-0.2, -0.15) is 0 Å². The van der Waals surface area contributed by atoms with E-state index in [1.807, 2.05) is 37.3 Å². The Morgan fingerprint density at radius 2 is 1.79 bits per heavy atom. The topological polar surface area (TPSA) is 75.6 Å². The maximum Gasteiger partial charge on any atom is 0.306 e. The predicted molar refractivity (Wildman–Crippen MR) is 91.4 cm³/mol. The van der Waals surface area contributed by atoms with Gasteiger partial charge in [0.15, 0.2) is 0 Å². The van der Waals surface area contributed by atoms with Crippen LogP contribution in [0.4, 0.5) is 0 Å². The van der Waals surface area contributed by atoms with Gasteiger partial charge in [0.05, 0.1) is 19.1 Å². The number of carbonyl (C=O) groups is 2. The van der Waals surface area contributed by atoms with E-state index in [-0.39, 0.29) is 23.7 Å². The molecule has 2 N–H and O–H groups in total. The van der Waals surface area contributed by atoms with E-state index in [4.69, 9.17) is 9.84 Å². The quantitative estimate of drug-likeness (QED) is 0.767. The number of hydrogen-bond acceptors (Lipinski definition) is 3. The first-order valence-electron chi connectivity index (χ1n) is 8.68. The highest BCUT2D eigenvalue weighted by Crippen LogP contribution is 2.29. The molecule has 5 heteroatoms. The summed E-state index contributed by atoms with van der Waals surface area (Å²) in [5.41, 5.74) is 1.14. The standard InChI is InChI=1S/C19H27NO4/c1-14(12-24-13-15-5-3-2-4-6-15)11-20-18(21)16-7-9-17(10-8-16)19(22)23/h2-6,14,16-17H,7-13H2,1H3,(H,20,21)(H,22,23). The van der Waals surface area contributed by atoms with Crippen molar-refractivity contribution in [3.8, 4) is 0 Å². The van der Waals surface area contributed by atoms with Crippen molar-refractivity contribution in [2.45, 2.75) is 39.2 Å². The summed E-state index contributed by atoms with van der Waals surface area (Å²) in [5.74, 6) is -0.766. The van der Waals surface area contributed by atoms with Gasteiger partial charge in [0.2, 0.25) is 5.91 Å². The van der Waals surface area contributed by atoms with Crippen LogP contribution < -0.4 is 5.32 Å². The van der Waals surface area contributed by atoms with Gasteiger partial charge in [-0.1, -0.05) is 37.3 Å². The van der Waals surface area contributed by atoms with Crippen molar-refractivity contribution in [3.63, 3.8) is 0 Å². The third-order valence-corrected chi connectivity index (χ3v) is 4.59. The number of carboxylic acid groups (broad SMARTS) is 1. The monoisotopic (exact) mass is 333 g/mol. The molecule has 2 rings (SSSR count). The smallest absolute Gasteiger partial charge is 0.306 e. The number of ether oxygens (including phenoxy) is 1. The van der Waals surface area contributed by atoms with Crippen molar-refractivity contribution in [2.75, 3.05) is 13.2 Å². The number of amides is 1. The summed E-state index contributed by atoms with van der Waals surface area (Å²) < 4.78 is 5.68. The molecule has 132 valence electrons. The zero-order valence-corrected chi connectivity index (χ0v) is 14.2. The highest BCUT2D eigenvalue weighted by atomic mass is 16.5. The molecule has 1 aliphatic carbocycles. The van der Waals surface area contributed by atoms with Gasteiger partial charge >= 0.3 is 5.97 Å². The Bertz CT molecular complexity index is 523. The normalized spacial score (nSPS) is 21.9. The van der Waals surface area contributed by atoms with Crippen LogP contribution in [0.25, 0.3) is 0 Å². The Balaban J connectivity index is 1.60. The van der Waals surface area contributed by atoms with E-state index in [1.54, 1.807) is 0 Å². The number of carboxylic acids is 1. The van der Waals surface area contributed by atoms with E-state index in [1.165, 1.54) is 0 Å². The summed E-state index contributed by atoms with van der Waals surface area (Å²) in [6.45, 7) is 3.82. The Kier molecular flexibility index (Phi) is 7.25. The Hall–Kier alpha value is -1.88. The summed E-state index contributed by atoms with van der Waals surface area (Å²) in [6.07, 6.45) is 2.54. The van der Waals surface area contributed by atoms with E-state index >= 15 is 0 Å². The van der Waals surface area contributed by atoms with Crippen molar-refractivity contribution in [3.05, 3.63) is 35.9 Å². The van der Waals surface area contributed by atoms with Crippen molar-refractivity contribution < 1.29 is 19.4 Å². The highest BCUT2D eigenvalue weighted by Gasteiger charge is 2.29. The fourth-order valence-corrected chi connectivity index (χ4v) is 3.03. The number of aliphatic carboxylic acids is 1. The molecule has 5 nitrogen and oxygen atoms in total. The number of hydrogen-bond donors (Lipinski definition) is 2. The molecule has 1 amide bonds. The maximum atomic E-state index is 12.2. The second-order valence-electron chi connectivity index (χ2n) is 6.74.